The summed E-state index contributed by atoms with van der Waals surface area (Å²) in [6.45, 7) is -1.53. The second kappa shape index (κ2) is 4.32. The van der Waals surface area contributed by atoms with E-state index < -0.39 is 23.8 Å². The first kappa shape index (κ1) is 11.5. The molecule has 1 heterocycles. The number of hydrogen-bond donors (Lipinski definition) is 2. The predicted octanol–water partition coefficient (Wildman–Crippen LogP) is 1.61. The van der Waals surface area contributed by atoms with E-state index in [0.29, 0.717) is 0 Å². The number of nitrogens with zero attached hydrogens (tertiary/aromatic N) is 2. The van der Waals surface area contributed by atoms with Crippen LogP contribution in [0, 0.1) is 0 Å². The van der Waals surface area contributed by atoms with Crippen molar-refractivity contribution in [3.63, 3.8) is 0 Å². The van der Waals surface area contributed by atoms with Gasteiger partial charge in [0.25, 0.3) is 0 Å². The van der Waals surface area contributed by atoms with Gasteiger partial charge in [-0.1, -0.05) is 0 Å². The summed E-state index contributed by atoms with van der Waals surface area (Å²) in [7, 11) is 0. The molecule has 0 radical (unpaired) electrons. The van der Waals surface area contributed by atoms with Crippen molar-refractivity contribution in [3.05, 3.63) is 18.3 Å². The maximum Gasteiger partial charge on any atom is 0.422 e. The van der Waals surface area contributed by atoms with Gasteiger partial charge in [-0.05, 0) is 12.1 Å². The molecule has 0 aliphatic heterocycles. The average Bonchev–Trinajstić information content (AvgIpc) is 2.14. The molecule has 1 aromatic heterocycles. The van der Waals surface area contributed by atoms with Crippen LogP contribution in [0.2, 0.25) is 0 Å². The zero-order valence-corrected chi connectivity index (χ0v) is 7.27. The monoisotopic (exact) mass is 224 g/mol. The van der Waals surface area contributed by atoms with Gasteiger partial charge in [0.15, 0.2) is 12.4 Å². The molecular formula is C7H7F3N2O3. The Kier molecular flexibility index (Phi) is 3.32. The van der Waals surface area contributed by atoms with E-state index in [9.17, 15) is 13.2 Å². The van der Waals surface area contributed by atoms with Crippen LogP contribution in [0.5, 0.6) is 5.75 Å². The quantitative estimate of drug-likeness (QED) is 0.763. The van der Waals surface area contributed by atoms with Gasteiger partial charge in [0.1, 0.15) is 0 Å². The Bertz CT molecular complexity index is 330. The molecule has 0 saturated heterocycles. The topological polar surface area (TPSA) is 65.8 Å². The molecule has 0 atom stereocenters. The molecule has 0 bridgehead atoms. The van der Waals surface area contributed by atoms with Crippen LogP contribution in [-0.2, 0) is 0 Å². The summed E-state index contributed by atoms with van der Waals surface area (Å²) >= 11 is 0. The van der Waals surface area contributed by atoms with Gasteiger partial charge in [0.2, 0.25) is 5.82 Å². The highest BCUT2D eigenvalue weighted by Gasteiger charge is 2.29. The van der Waals surface area contributed by atoms with Crippen molar-refractivity contribution in [2.75, 3.05) is 11.8 Å². The first-order chi connectivity index (χ1) is 6.90. The van der Waals surface area contributed by atoms with Crippen LogP contribution in [0.25, 0.3) is 0 Å². The number of ether oxygens (including phenoxy) is 1. The largest absolute Gasteiger partial charge is 0.480 e. The highest BCUT2D eigenvalue weighted by atomic mass is 19.4. The molecule has 84 valence electrons. The van der Waals surface area contributed by atoms with Gasteiger partial charge in [-0.25, -0.2) is 4.98 Å². The molecular weight excluding hydrogens is 217 g/mol. The lowest BCUT2D eigenvalue weighted by atomic mass is 10.4. The van der Waals surface area contributed by atoms with Gasteiger partial charge in [-0.2, -0.15) is 13.2 Å². The second-order valence-corrected chi connectivity index (χ2v) is 2.52. The van der Waals surface area contributed by atoms with Gasteiger partial charge < -0.3 is 4.74 Å². The van der Waals surface area contributed by atoms with E-state index in [1.807, 2.05) is 0 Å². The van der Waals surface area contributed by atoms with Crippen LogP contribution in [0.15, 0.2) is 18.3 Å². The third kappa shape index (κ3) is 3.60. The minimum atomic E-state index is -4.50. The maximum atomic E-state index is 11.8. The molecule has 0 spiro atoms. The lowest BCUT2D eigenvalue weighted by Crippen LogP contribution is -2.21. The zero-order chi connectivity index (χ0) is 11.5. The summed E-state index contributed by atoms with van der Waals surface area (Å²) in [5.74, 6) is -0.887. The molecule has 0 fully saturated rings. The number of alkyl halides is 3. The van der Waals surface area contributed by atoms with Gasteiger partial charge in [0.05, 0.1) is 0 Å². The number of aromatic nitrogens is 1. The van der Waals surface area contributed by atoms with Crippen LogP contribution >= 0.6 is 0 Å². The normalized spacial score (nSPS) is 11.3. The Morgan fingerprint density at radius 1 is 1.40 bits per heavy atom. The fourth-order valence-corrected chi connectivity index (χ4v) is 0.805. The van der Waals surface area contributed by atoms with E-state index in [-0.39, 0.29) is 5.75 Å². The lowest BCUT2D eigenvalue weighted by molar-refractivity contribution is -0.153. The summed E-state index contributed by atoms with van der Waals surface area (Å²) in [6.07, 6.45) is -3.32. The summed E-state index contributed by atoms with van der Waals surface area (Å²) in [4.78, 5) is 3.41. The van der Waals surface area contributed by atoms with E-state index in [1.165, 1.54) is 12.3 Å². The van der Waals surface area contributed by atoms with Crippen LogP contribution < -0.4 is 9.96 Å². The van der Waals surface area contributed by atoms with Crippen molar-refractivity contribution < 1.29 is 28.3 Å². The van der Waals surface area contributed by atoms with E-state index >= 15 is 0 Å². The number of pyridine rings is 1. The third-order valence-corrected chi connectivity index (χ3v) is 1.33. The highest BCUT2D eigenvalue weighted by Crippen LogP contribution is 2.25. The van der Waals surface area contributed by atoms with Gasteiger partial charge in [0, 0.05) is 6.20 Å². The van der Waals surface area contributed by atoms with E-state index in [0.717, 1.165) is 6.07 Å². The van der Waals surface area contributed by atoms with Gasteiger partial charge in [-0.3, -0.25) is 10.4 Å². The van der Waals surface area contributed by atoms with Crippen LogP contribution in [0.4, 0.5) is 19.0 Å². The Morgan fingerprint density at radius 3 is 2.60 bits per heavy atom. The number of anilines is 1. The van der Waals surface area contributed by atoms with Crippen molar-refractivity contribution >= 4 is 5.82 Å². The fourth-order valence-electron chi connectivity index (χ4n) is 0.805. The summed E-state index contributed by atoms with van der Waals surface area (Å²) < 4.78 is 39.7. The molecule has 1 rings (SSSR count). The van der Waals surface area contributed by atoms with Crippen molar-refractivity contribution in [2.45, 2.75) is 6.18 Å². The van der Waals surface area contributed by atoms with Crippen molar-refractivity contribution in [3.8, 4) is 5.75 Å². The predicted molar refractivity (Wildman–Crippen MR) is 41.8 cm³/mol. The van der Waals surface area contributed by atoms with E-state index in [2.05, 4.69) is 9.72 Å². The van der Waals surface area contributed by atoms with Crippen molar-refractivity contribution in [1.29, 1.82) is 0 Å². The molecule has 2 N–H and O–H groups in total. The number of hydrogen-bond acceptors (Lipinski definition) is 5. The minimum absolute atomic E-state index is 0.375. The van der Waals surface area contributed by atoms with Crippen LogP contribution in [0.3, 0.4) is 0 Å². The summed E-state index contributed by atoms with van der Waals surface area (Å²) in [5, 5.41) is 16.8. The molecule has 1 aromatic rings. The summed E-state index contributed by atoms with van der Waals surface area (Å²) in [5.41, 5.74) is 0. The molecule has 5 nitrogen and oxygen atoms in total. The molecule has 0 amide bonds. The third-order valence-electron chi connectivity index (χ3n) is 1.33. The Labute approximate surface area is 82.2 Å². The average molecular weight is 224 g/mol. The molecule has 15 heavy (non-hydrogen) atoms. The second-order valence-electron chi connectivity index (χ2n) is 2.52. The summed E-state index contributed by atoms with van der Waals surface area (Å²) in [6, 6.07) is 2.44. The Morgan fingerprint density at radius 2 is 2.07 bits per heavy atom. The number of halogens is 3. The number of rotatable bonds is 3. The van der Waals surface area contributed by atoms with Gasteiger partial charge >= 0.3 is 6.18 Å². The molecule has 0 aromatic carbocycles. The SMILES string of the molecule is ON(O)c1ncccc1OCC(F)(F)F. The first-order valence-electron chi connectivity index (χ1n) is 3.72. The molecule has 0 aliphatic carbocycles. The molecule has 0 unspecified atom stereocenters. The van der Waals surface area contributed by atoms with Gasteiger partial charge in [-0.15, -0.1) is 5.23 Å². The fraction of sp³-hybridized carbons (Fsp3) is 0.286. The minimum Gasteiger partial charge on any atom is -0.480 e. The first-order valence-corrected chi connectivity index (χ1v) is 3.72. The smallest absolute Gasteiger partial charge is 0.422 e. The standard InChI is InChI=1S/C7H7F3N2O3/c8-7(9,10)4-15-5-2-1-3-11-6(5)12(13)14/h1-3,13-14H,4H2. The van der Waals surface area contributed by atoms with Crippen LogP contribution in [0.1, 0.15) is 0 Å². The molecule has 8 heteroatoms. The highest BCUT2D eigenvalue weighted by molar-refractivity contribution is 5.47. The lowest BCUT2D eigenvalue weighted by Gasteiger charge is -2.13. The molecule has 0 saturated carbocycles. The Hall–Kier alpha value is -1.54. The van der Waals surface area contributed by atoms with Crippen molar-refractivity contribution in [1.82, 2.24) is 4.98 Å². The maximum absolute atomic E-state index is 11.8. The van der Waals surface area contributed by atoms with Crippen molar-refractivity contribution in [2.24, 2.45) is 0 Å². The van der Waals surface area contributed by atoms with Crippen LogP contribution in [-0.4, -0.2) is 28.2 Å². The van der Waals surface area contributed by atoms with E-state index in [4.69, 9.17) is 10.4 Å². The molecule has 0 aliphatic rings. The Balaban J connectivity index is 2.76. The van der Waals surface area contributed by atoms with E-state index in [1.54, 1.807) is 0 Å². The zero-order valence-electron chi connectivity index (χ0n) is 7.27.